The molecule has 0 amide bonds. The summed E-state index contributed by atoms with van der Waals surface area (Å²) in [5.74, 6) is -0.641. The average molecular weight is 368 g/mol. The minimum atomic E-state index is -0.720. The van der Waals surface area contributed by atoms with E-state index in [0.717, 1.165) is 30.8 Å². The summed E-state index contributed by atoms with van der Waals surface area (Å²) >= 11 is 6.04. The number of nitrogens with zero attached hydrogens (tertiary/aromatic N) is 1. The number of hydrogen-bond acceptors (Lipinski definition) is 1. The highest BCUT2D eigenvalue weighted by Crippen LogP contribution is 2.41. The minimum absolute atomic E-state index is 0.0790. The lowest BCUT2D eigenvalue weighted by molar-refractivity contribution is -0.137. The van der Waals surface area contributed by atoms with Crippen LogP contribution >= 0.6 is 11.6 Å². The van der Waals surface area contributed by atoms with Gasteiger partial charge in [0.15, 0.2) is 0 Å². The van der Waals surface area contributed by atoms with Crippen molar-refractivity contribution in [2.45, 2.75) is 45.1 Å². The van der Waals surface area contributed by atoms with Crippen LogP contribution < -0.4 is 0 Å². The van der Waals surface area contributed by atoms with Crippen molar-refractivity contribution in [2.75, 3.05) is 0 Å². The highest BCUT2D eigenvalue weighted by atomic mass is 35.5. The molecule has 3 nitrogen and oxygen atoms in total. The van der Waals surface area contributed by atoms with Crippen LogP contribution in [0.25, 0.3) is 10.9 Å². The van der Waals surface area contributed by atoms with Crippen LogP contribution in [0.4, 0.5) is 0 Å². The van der Waals surface area contributed by atoms with Crippen LogP contribution in [0.3, 0.4) is 0 Å². The molecular formula is C22H22ClNO2. The van der Waals surface area contributed by atoms with E-state index >= 15 is 0 Å². The minimum Gasteiger partial charge on any atom is -0.481 e. The SMILES string of the molecule is Cc1cccc2c3c(n(Cc4ccc(Cl)cc4)c12)C(CC(=O)O)CCC3. The van der Waals surface area contributed by atoms with Crippen LogP contribution in [0.15, 0.2) is 42.5 Å². The van der Waals surface area contributed by atoms with Gasteiger partial charge in [-0.3, -0.25) is 4.79 Å². The van der Waals surface area contributed by atoms with E-state index < -0.39 is 5.97 Å². The first-order valence-corrected chi connectivity index (χ1v) is 9.49. The number of fused-ring (bicyclic) bond motifs is 3. The van der Waals surface area contributed by atoms with Gasteiger partial charge in [-0.2, -0.15) is 0 Å². The Kier molecular flexibility index (Phi) is 4.49. The molecule has 1 aliphatic carbocycles. The first kappa shape index (κ1) is 17.2. The fourth-order valence-corrected chi connectivity index (χ4v) is 4.55. The van der Waals surface area contributed by atoms with Crippen molar-refractivity contribution < 1.29 is 9.90 Å². The van der Waals surface area contributed by atoms with Gasteiger partial charge < -0.3 is 9.67 Å². The van der Waals surface area contributed by atoms with E-state index in [1.165, 1.54) is 33.3 Å². The van der Waals surface area contributed by atoms with E-state index in [1.54, 1.807) is 0 Å². The highest BCUT2D eigenvalue weighted by molar-refractivity contribution is 6.30. The number of halogens is 1. The zero-order valence-corrected chi connectivity index (χ0v) is 15.6. The summed E-state index contributed by atoms with van der Waals surface area (Å²) in [5, 5.41) is 11.4. The summed E-state index contributed by atoms with van der Waals surface area (Å²) in [6, 6.07) is 14.3. The zero-order chi connectivity index (χ0) is 18.3. The second kappa shape index (κ2) is 6.81. The molecule has 0 radical (unpaired) electrons. The van der Waals surface area contributed by atoms with Gasteiger partial charge in [0.05, 0.1) is 11.9 Å². The van der Waals surface area contributed by atoms with Crippen molar-refractivity contribution in [1.82, 2.24) is 4.57 Å². The molecule has 1 aliphatic rings. The Morgan fingerprint density at radius 1 is 1.23 bits per heavy atom. The molecule has 0 bridgehead atoms. The maximum absolute atomic E-state index is 11.4. The molecular weight excluding hydrogens is 346 g/mol. The molecule has 0 saturated carbocycles. The first-order chi connectivity index (χ1) is 12.5. The van der Waals surface area contributed by atoms with Crippen LogP contribution in [0.2, 0.25) is 5.02 Å². The molecule has 0 saturated heterocycles. The zero-order valence-electron chi connectivity index (χ0n) is 14.8. The Morgan fingerprint density at radius 2 is 2.00 bits per heavy atom. The fraction of sp³-hybridized carbons (Fsp3) is 0.318. The van der Waals surface area contributed by atoms with Crippen molar-refractivity contribution in [3.63, 3.8) is 0 Å². The predicted molar refractivity (Wildman–Crippen MR) is 105 cm³/mol. The van der Waals surface area contributed by atoms with Crippen LogP contribution in [0.5, 0.6) is 0 Å². The molecule has 1 atom stereocenters. The number of hydrogen-bond donors (Lipinski definition) is 1. The van der Waals surface area contributed by atoms with Gasteiger partial charge in [0.25, 0.3) is 0 Å². The molecule has 1 N–H and O–H groups in total. The fourth-order valence-electron chi connectivity index (χ4n) is 4.42. The molecule has 134 valence electrons. The highest BCUT2D eigenvalue weighted by Gasteiger charge is 2.29. The van der Waals surface area contributed by atoms with Crippen molar-refractivity contribution in [2.24, 2.45) is 0 Å². The number of carbonyl (C=O) groups is 1. The summed E-state index contributed by atoms with van der Waals surface area (Å²) in [7, 11) is 0. The topological polar surface area (TPSA) is 42.2 Å². The molecule has 0 aliphatic heterocycles. The monoisotopic (exact) mass is 367 g/mol. The Labute approximate surface area is 158 Å². The van der Waals surface area contributed by atoms with Gasteiger partial charge in [-0.05, 0) is 55.0 Å². The van der Waals surface area contributed by atoms with Gasteiger partial charge >= 0.3 is 5.97 Å². The summed E-state index contributed by atoms with van der Waals surface area (Å²) in [6.07, 6.45) is 3.22. The number of aliphatic carboxylic acids is 1. The van der Waals surface area contributed by atoms with Crippen LogP contribution in [-0.2, 0) is 17.8 Å². The third-order valence-electron chi connectivity index (χ3n) is 5.47. The van der Waals surface area contributed by atoms with Gasteiger partial charge in [-0.1, -0.05) is 41.9 Å². The van der Waals surface area contributed by atoms with E-state index in [-0.39, 0.29) is 12.3 Å². The molecule has 4 rings (SSSR count). The number of carboxylic acids is 1. The van der Waals surface area contributed by atoms with E-state index in [2.05, 4.69) is 29.7 Å². The van der Waals surface area contributed by atoms with E-state index in [0.29, 0.717) is 0 Å². The number of aromatic nitrogens is 1. The van der Waals surface area contributed by atoms with E-state index in [1.807, 2.05) is 24.3 Å². The largest absolute Gasteiger partial charge is 0.481 e. The lowest BCUT2D eigenvalue weighted by Crippen LogP contribution is -2.17. The number of para-hydroxylation sites is 1. The van der Waals surface area contributed by atoms with E-state index in [4.69, 9.17) is 11.6 Å². The molecule has 1 aromatic heterocycles. The van der Waals surface area contributed by atoms with Gasteiger partial charge in [0.2, 0.25) is 0 Å². The maximum atomic E-state index is 11.4. The second-order valence-corrected chi connectivity index (χ2v) is 7.67. The number of carboxylic acid groups (broad SMARTS) is 1. The quantitative estimate of drug-likeness (QED) is 0.657. The van der Waals surface area contributed by atoms with Gasteiger partial charge in [-0.25, -0.2) is 0 Å². The smallest absolute Gasteiger partial charge is 0.304 e. The Bertz CT molecular complexity index is 972. The van der Waals surface area contributed by atoms with Crippen molar-refractivity contribution in [3.05, 3.63) is 69.9 Å². The van der Waals surface area contributed by atoms with Gasteiger partial charge in [0.1, 0.15) is 0 Å². The predicted octanol–water partition coefficient (Wildman–Crippen LogP) is 5.55. The van der Waals surface area contributed by atoms with E-state index in [9.17, 15) is 9.90 Å². The molecule has 1 heterocycles. The normalized spacial score (nSPS) is 16.6. The molecule has 26 heavy (non-hydrogen) atoms. The molecule has 0 spiro atoms. The number of rotatable bonds is 4. The van der Waals surface area contributed by atoms with Crippen LogP contribution in [0.1, 0.15) is 47.6 Å². The number of benzene rings is 2. The molecule has 3 aromatic rings. The second-order valence-electron chi connectivity index (χ2n) is 7.23. The van der Waals surface area contributed by atoms with Gasteiger partial charge in [-0.15, -0.1) is 0 Å². The third-order valence-corrected chi connectivity index (χ3v) is 5.73. The standard InChI is InChI=1S/C22H22ClNO2/c1-14-4-2-6-18-19-7-3-5-16(12-20(25)26)22(19)24(21(14)18)13-15-8-10-17(23)11-9-15/h2,4,6,8-11,16H,3,5,7,12-13H2,1H3,(H,25,26). The summed E-state index contributed by atoms with van der Waals surface area (Å²) in [5.41, 5.74) is 6.22. The lowest BCUT2D eigenvalue weighted by atomic mass is 9.84. The van der Waals surface area contributed by atoms with Crippen LogP contribution in [-0.4, -0.2) is 15.6 Å². The Balaban J connectivity index is 1.91. The number of aryl methyl sites for hydroxylation is 2. The molecule has 0 fully saturated rings. The lowest BCUT2D eigenvalue weighted by Gasteiger charge is -2.25. The van der Waals surface area contributed by atoms with Crippen molar-refractivity contribution >= 4 is 28.5 Å². The van der Waals surface area contributed by atoms with Crippen LogP contribution in [0, 0.1) is 6.92 Å². The Hall–Kier alpha value is -2.26. The third kappa shape index (κ3) is 3.01. The maximum Gasteiger partial charge on any atom is 0.304 e. The molecule has 1 unspecified atom stereocenters. The summed E-state index contributed by atoms with van der Waals surface area (Å²) < 4.78 is 2.36. The first-order valence-electron chi connectivity index (χ1n) is 9.11. The van der Waals surface area contributed by atoms with Gasteiger partial charge in [0, 0.05) is 28.6 Å². The average Bonchev–Trinajstić information content (AvgIpc) is 2.93. The Morgan fingerprint density at radius 3 is 2.73 bits per heavy atom. The van der Waals surface area contributed by atoms with Crippen molar-refractivity contribution in [3.8, 4) is 0 Å². The summed E-state index contributed by atoms with van der Waals surface area (Å²) in [4.78, 5) is 11.4. The molecule has 2 aromatic carbocycles. The summed E-state index contributed by atoms with van der Waals surface area (Å²) in [6.45, 7) is 2.88. The molecule has 4 heteroatoms. The van der Waals surface area contributed by atoms with Crippen molar-refractivity contribution in [1.29, 1.82) is 0 Å².